The number of anilines is 1. The summed E-state index contributed by atoms with van der Waals surface area (Å²) in [4.78, 5) is 21.4. The number of carbonyl (C=O) groups is 1. The number of fused-ring (bicyclic) bond motifs is 1. The Balaban J connectivity index is 1.27. The minimum Gasteiger partial charge on any atom is -0.431 e. The number of rotatable bonds is 5. The summed E-state index contributed by atoms with van der Waals surface area (Å²) in [6.07, 6.45) is 1.69. The predicted octanol–water partition coefficient (Wildman–Crippen LogP) is 6.77. The van der Waals surface area contributed by atoms with Gasteiger partial charge in [-0.25, -0.2) is 9.97 Å². The van der Waals surface area contributed by atoms with Crippen LogP contribution in [0, 0.1) is 6.92 Å². The number of nitrogens with one attached hydrogen (secondary N) is 1. The van der Waals surface area contributed by atoms with E-state index in [2.05, 4.69) is 29.4 Å². The van der Waals surface area contributed by atoms with Gasteiger partial charge in [-0.05, 0) is 73.2 Å². The van der Waals surface area contributed by atoms with E-state index >= 15 is 0 Å². The van der Waals surface area contributed by atoms with Crippen molar-refractivity contribution < 1.29 is 9.53 Å². The number of hydrogen-bond donors (Lipinski definition) is 1. The van der Waals surface area contributed by atoms with Crippen LogP contribution in [-0.4, -0.2) is 15.9 Å². The van der Waals surface area contributed by atoms with Gasteiger partial charge in [0.15, 0.2) is 0 Å². The zero-order valence-corrected chi connectivity index (χ0v) is 18.2. The lowest BCUT2D eigenvalue weighted by Crippen LogP contribution is -2.11. The van der Waals surface area contributed by atoms with E-state index < -0.39 is 0 Å². The van der Waals surface area contributed by atoms with E-state index in [1.165, 1.54) is 21.6 Å². The molecule has 152 valence electrons. The van der Waals surface area contributed by atoms with Gasteiger partial charge in [-0.15, -0.1) is 11.3 Å². The van der Waals surface area contributed by atoms with E-state index in [4.69, 9.17) is 9.72 Å². The number of hydrogen-bond acceptors (Lipinski definition) is 6. The van der Waals surface area contributed by atoms with Crippen LogP contribution in [0.5, 0.6) is 10.9 Å². The van der Waals surface area contributed by atoms with Crippen LogP contribution in [0.25, 0.3) is 20.8 Å². The van der Waals surface area contributed by atoms with Crippen molar-refractivity contribution in [3.8, 4) is 21.5 Å². The average molecular weight is 444 g/mol. The van der Waals surface area contributed by atoms with Crippen molar-refractivity contribution in [2.45, 2.75) is 6.92 Å². The number of ether oxygens (including phenoxy) is 1. The zero-order chi connectivity index (χ0) is 21.2. The standard InChI is InChI=1S/C24H17N3O2S2/c1-15-2-11-20-21(14-15)31-23(27-20)17-3-7-18(8-4-17)26-22(28)16-5-9-19(10-6-16)29-24-25-12-13-30-24/h2-14H,1H3,(H,26,28). The summed E-state index contributed by atoms with van der Waals surface area (Å²) >= 11 is 3.08. The summed E-state index contributed by atoms with van der Waals surface area (Å²) in [5.41, 5.74) is 4.54. The third kappa shape index (κ3) is 4.33. The van der Waals surface area contributed by atoms with Gasteiger partial charge in [0.1, 0.15) is 10.8 Å². The first kappa shape index (κ1) is 19.4. The van der Waals surface area contributed by atoms with E-state index in [-0.39, 0.29) is 5.91 Å². The fourth-order valence-corrected chi connectivity index (χ4v) is 4.66. The fourth-order valence-electron chi connectivity index (χ4n) is 3.09. The number of aryl methyl sites for hydroxylation is 1. The van der Waals surface area contributed by atoms with Crippen molar-refractivity contribution >= 4 is 44.5 Å². The molecule has 7 heteroatoms. The maximum absolute atomic E-state index is 12.6. The third-order valence-electron chi connectivity index (χ3n) is 4.66. The summed E-state index contributed by atoms with van der Waals surface area (Å²) in [6, 6.07) is 21.0. The topological polar surface area (TPSA) is 64.1 Å². The molecule has 2 aromatic heterocycles. The summed E-state index contributed by atoms with van der Waals surface area (Å²) in [6.45, 7) is 2.08. The Morgan fingerprint density at radius 2 is 1.81 bits per heavy atom. The Hall–Kier alpha value is -3.55. The molecule has 5 nitrogen and oxygen atoms in total. The van der Waals surface area contributed by atoms with E-state index in [0.717, 1.165) is 21.8 Å². The lowest BCUT2D eigenvalue weighted by Gasteiger charge is -2.07. The molecule has 5 rings (SSSR count). The molecular weight excluding hydrogens is 426 g/mol. The predicted molar refractivity (Wildman–Crippen MR) is 126 cm³/mol. The van der Waals surface area contributed by atoms with Crippen molar-refractivity contribution in [1.82, 2.24) is 9.97 Å². The van der Waals surface area contributed by atoms with Crippen molar-refractivity contribution in [3.05, 3.63) is 89.4 Å². The second kappa shape index (κ2) is 8.29. The summed E-state index contributed by atoms with van der Waals surface area (Å²) in [5.74, 6) is 0.464. The first-order chi connectivity index (χ1) is 15.1. The number of amides is 1. The largest absolute Gasteiger partial charge is 0.431 e. The van der Waals surface area contributed by atoms with Crippen LogP contribution in [-0.2, 0) is 0 Å². The van der Waals surface area contributed by atoms with Crippen molar-refractivity contribution in [2.75, 3.05) is 5.32 Å². The molecule has 0 bridgehead atoms. The van der Waals surface area contributed by atoms with Crippen LogP contribution in [0.3, 0.4) is 0 Å². The van der Waals surface area contributed by atoms with Gasteiger partial charge in [-0.2, -0.15) is 0 Å². The van der Waals surface area contributed by atoms with Gasteiger partial charge in [0.05, 0.1) is 10.2 Å². The lowest BCUT2D eigenvalue weighted by atomic mass is 10.2. The van der Waals surface area contributed by atoms with E-state index in [9.17, 15) is 4.79 Å². The smallest absolute Gasteiger partial charge is 0.278 e. The van der Waals surface area contributed by atoms with Crippen LogP contribution in [0.2, 0.25) is 0 Å². The van der Waals surface area contributed by atoms with Crippen molar-refractivity contribution in [2.24, 2.45) is 0 Å². The lowest BCUT2D eigenvalue weighted by molar-refractivity contribution is 0.102. The highest BCUT2D eigenvalue weighted by atomic mass is 32.1. The molecule has 5 aromatic rings. The van der Waals surface area contributed by atoms with Gasteiger partial charge in [0, 0.05) is 28.4 Å². The third-order valence-corrected chi connectivity index (χ3v) is 6.38. The van der Waals surface area contributed by atoms with Crippen LogP contribution in [0.15, 0.2) is 78.3 Å². The molecule has 2 heterocycles. The molecule has 0 saturated heterocycles. The van der Waals surface area contributed by atoms with Gasteiger partial charge in [0.2, 0.25) is 0 Å². The molecule has 0 radical (unpaired) electrons. The zero-order valence-electron chi connectivity index (χ0n) is 16.5. The number of benzene rings is 3. The number of carbonyl (C=O) groups excluding carboxylic acids is 1. The summed E-state index contributed by atoms with van der Waals surface area (Å²) in [7, 11) is 0. The molecule has 0 atom stereocenters. The van der Waals surface area contributed by atoms with E-state index in [0.29, 0.717) is 16.5 Å². The molecule has 0 spiro atoms. The van der Waals surface area contributed by atoms with Crippen LogP contribution in [0.1, 0.15) is 15.9 Å². The molecule has 3 aromatic carbocycles. The molecule has 0 unspecified atom stereocenters. The first-order valence-electron chi connectivity index (χ1n) is 9.60. The van der Waals surface area contributed by atoms with Crippen molar-refractivity contribution in [1.29, 1.82) is 0 Å². The quantitative estimate of drug-likeness (QED) is 0.325. The highest BCUT2D eigenvalue weighted by Crippen LogP contribution is 2.31. The number of thiazole rings is 2. The second-order valence-corrected chi connectivity index (χ2v) is 8.83. The normalized spacial score (nSPS) is 10.9. The van der Waals surface area contributed by atoms with Gasteiger partial charge in [0.25, 0.3) is 11.1 Å². The van der Waals surface area contributed by atoms with Crippen LogP contribution >= 0.6 is 22.7 Å². The van der Waals surface area contributed by atoms with Crippen LogP contribution < -0.4 is 10.1 Å². The Bertz CT molecular complexity index is 1340. The van der Waals surface area contributed by atoms with Gasteiger partial charge in [-0.1, -0.05) is 17.4 Å². The van der Waals surface area contributed by atoms with Crippen molar-refractivity contribution in [3.63, 3.8) is 0 Å². The molecule has 0 aliphatic rings. The molecule has 0 aliphatic carbocycles. The Labute approximate surface area is 187 Å². The minimum atomic E-state index is -0.177. The molecule has 0 fully saturated rings. The Kier molecular flexibility index (Phi) is 5.19. The maximum Gasteiger partial charge on any atom is 0.278 e. The Morgan fingerprint density at radius 1 is 1.00 bits per heavy atom. The van der Waals surface area contributed by atoms with Gasteiger partial charge < -0.3 is 10.1 Å². The molecule has 31 heavy (non-hydrogen) atoms. The highest BCUT2D eigenvalue weighted by molar-refractivity contribution is 7.21. The molecular formula is C24H17N3O2S2. The first-order valence-corrected chi connectivity index (χ1v) is 11.3. The summed E-state index contributed by atoms with van der Waals surface area (Å²) < 4.78 is 6.80. The van der Waals surface area contributed by atoms with Gasteiger partial charge in [-0.3, -0.25) is 4.79 Å². The average Bonchev–Trinajstić information content (AvgIpc) is 3.44. The SMILES string of the molecule is Cc1ccc2nc(-c3ccc(NC(=O)c4ccc(Oc5nccs5)cc4)cc3)sc2c1. The maximum atomic E-state index is 12.6. The number of aromatic nitrogens is 2. The van der Waals surface area contributed by atoms with E-state index in [1.807, 2.05) is 35.7 Å². The van der Waals surface area contributed by atoms with Crippen LogP contribution in [0.4, 0.5) is 5.69 Å². The fraction of sp³-hybridized carbons (Fsp3) is 0.0417. The molecule has 1 N–H and O–H groups in total. The minimum absolute atomic E-state index is 0.177. The highest BCUT2D eigenvalue weighted by Gasteiger charge is 2.09. The Morgan fingerprint density at radius 3 is 2.55 bits per heavy atom. The summed E-state index contributed by atoms with van der Waals surface area (Å²) in [5, 5.41) is 6.31. The monoisotopic (exact) mass is 443 g/mol. The molecule has 1 amide bonds. The number of nitrogens with zero attached hydrogens (tertiary/aromatic N) is 2. The van der Waals surface area contributed by atoms with E-state index in [1.54, 1.807) is 41.8 Å². The van der Waals surface area contributed by atoms with Gasteiger partial charge >= 0.3 is 0 Å². The molecule has 0 saturated carbocycles. The second-order valence-electron chi connectivity index (χ2n) is 6.95. The molecule has 0 aliphatic heterocycles.